The SMILES string of the molecule is CC(=O)OC(C)(C)CCC(=O)[C@](C)(O)C1[C@H](O[C@H]2O[C@H](CO)[C@@H](O)[C@H](O)[C@H]2O)C[C@@]2(C)[C@@H]3CC=C4[C@@H](C[C@H](N)C(=O)C4(C)C)[C@]3(C)C(=O)C[C@]12C. The van der Waals surface area contributed by atoms with Crippen LogP contribution in [0.4, 0.5) is 0 Å². The molecule has 0 aromatic heterocycles. The van der Waals surface area contributed by atoms with Gasteiger partial charge in [0.05, 0.1) is 18.8 Å². The van der Waals surface area contributed by atoms with Gasteiger partial charge in [0.15, 0.2) is 17.9 Å². The molecule has 1 unspecified atom stereocenters. The normalized spacial score (nSPS) is 44.8. The molecule has 7 N–H and O–H groups in total. The third kappa shape index (κ3) is 6.07. The van der Waals surface area contributed by atoms with Gasteiger partial charge in [-0.1, -0.05) is 32.4 Å². The number of Topliss-reactive ketones (excluding diaryl/α,β-unsaturated/α-hetero) is 3. The molecule has 1 aliphatic heterocycles. The van der Waals surface area contributed by atoms with E-state index in [4.69, 9.17) is 19.9 Å². The first-order chi connectivity index (χ1) is 23.3. The number of carbonyl (C=O) groups is 4. The molecule has 51 heavy (non-hydrogen) atoms. The number of ether oxygens (including phenoxy) is 3. The number of carbonyl (C=O) groups excluding carboxylic acids is 4. The van der Waals surface area contributed by atoms with Crippen LogP contribution in [-0.4, -0.2) is 110 Å². The van der Waals surface area contributed by atoms with Gasteiger partial charge in [-0.25, -0.2) is 0 Å². The van der Waals surface area contributed by atoms with Crippen LogP contribution < -0.4 is 5.73 Å². The Hall–Kier alpha value is -2.10. The first-order valence-corrected chi connectivity index (χ1v) is 18.3. The second-order valence-electron chi connectivity index (χ2n) is 18.0. The Morgan fingerprint density at radius 1 is 1.02 bits per heavy atom. The zero-order valence-electron chi connectivity index (χ0n) is 31.5. The average Bonchev–Trinajstić information content (AvgIpc) is 3.25. The lowest BCUT2D eigenvalue weighted by molar-refractivity contribution is -0.317. The molecular weight excluding hydrogens is 662 g/mol. The van der Waals surface area contributed by atoms with Gasteiger partial charge in [-0.05, 0) is 83.0 Å². The van der Waals surface area contributed by atoms with Crippen molar-refractivity contribution < 1.29 is 58.9 Å². The van der Waals surface area contributed by atoms with Crippen molar-refractivity contribution in [2.75, 3.05) is 6.61 Å². The van der Waals surface area contributed by atoms with Crippen molar-refractivity contribution in [3.05, 3.63) is 11.6 Å². The van der Waals surface area contributed by atoms with E-state index < -0.39 is 100.0 Å². The molecule has 1 heterocycles. The Kier molecular flexibility index (Phi) is 10.2. The molecule has 0 aromatic rings. The zero-order valence-corrected chi connectivity index (χ0v) is 31.5. The molecule has 0 radical (unpaired) electrons. The van der Waals surface area contributed by atoms with Crippen molar-refractivity contribution in [1.82, 2.24) is 0 Å². The van der Waals surface area contributed by atoms with Crippen LogP contribution in [0.5, 0.6) is 0 Å². The summed E-state index contributed by atoms with van der Waals surface area (Å²) in [6.45, 7) is 15.0. The number of hydrogen-bond donors (Lipinski definition) is 6. The van der Waals surface area contributed by atoms with Crippen molar-refractivity contribution in [3.63, 3.8) is 0 Å². The third-order valence-electron chi connectivity index (χ3n) is 14.1. The number of fused-ring (bicyclic) bond motifs is 5. The summed E-state index contributed by atoms with van der Waals surface area (Å²) in [5.74, 6) is -2.83. The minimum absolute atomic E-state index is 0.0223. The third-order valence-corrected chi connectivity index (χ3v) is 14.1. The fraction of sp³-hybridized carbons (Fsp3) is 0.842. The predicted octanol–water partition coefficient (Wildman–Crippen LogP) is 1.51. The van der Waals surface area contributed by atoms with Crippen LogP contribution in [0.15, 0.2) is 11.6 Å². The smallest absolute Gasteiger partial charge is 0.303 e. The highest BCUT2D eigenvalue weighted by Crippen LogP contribution is 2.74. The number of ketones is 3. The van der Waals surface area contributed by atoms with E-state index in [0.29, 0.717) is 12.8 Å². The van der Waals surface area contributed by atoms with Gasteiger partial charge in [-0.3, -0.25) is 19.2 Å². The first kappa shape index (κ1) is 40.1. The number of nitrogens with two attached hydrogens (primary N) is 1. The Morgan fingerprint density at radius 2 is 1.65 bits per heavy atom. The number of esters is 1. The second kappa shape index (κ2) is 13.0. The van der Waals surface area contributed by atoms with Crippen LogP contribution in [0, 0.1) is 39.4 Å². The summed E-state index contributed by atoms with van der Waals surface area (Å²) in [5, 5.41) is 54.3. The molecular formula is C38H59NO12. The van der Waals surface area contributed by atoms with E-state index in [1.807, 2.05) is 34.6 Å². The Morgan fingerprint density at radius 3 is 2.24 bits per heavy atom. The predicted molar refractivity (Wildman–Crippen MR) is 182 cm³/mol. The van der Waals surface area contributed by atoms with Gasteiger partial charge in [0.1, 0.15) is 41.4 Å². The van der Waals surface area contributed by atoms with Gasteiger partial charge in [0.2, 0.25) is 0 Å². The molecule has 0 aromatic carbocycles. The van der Waals surface area contributed by atoms with Crippen molar-refractivity contribution >= 4 is 23.3 Å². The maximum Gasteiger partial charge on any atom is 0.303 e. The van der Waals surface area contributed by atoms with Crippen LogP contribution >= 0.6 is 0 Å². The summed E-state index contributed by atoms with van der Waals surface area (Å²) in [6.07, 6.45) is -5.85. The van der Waals surface area contributed by atoms with E-state index in [1.54, 1.807) is 13.8 Å². The standard InChI is InChI=1S/C38H59NO12/c1-18(41)51-33(2,3)13-12-25(42)38(9,48)30-22(49-32-29(46)28(45)27(44)23(17-40)50-32)15-35(6)24-11-10-19-20(14-21(39)31(47)34(19,4)5)37(24,8)26(43)16-36(30,35)7/h10,20-24,27-30,32,40,44-46,48H,11-17,39H2,1-9H3/t20-,21+,22-,23-,24+,27-,28+,29-,30?,32+,35+,36-,37+,38+/m1/s1. The average molecular weight is 722 g/mol. The van der Waals surface area contributed by atoms with Crippen LogP contribution in [0.1, 0.15) is 101 Å². The Labute approximate surface area is 300 Å². The van der Waals surface area contributed by atoms with E-state index in [1.165, 1.54) is 13.8 Å². The maximum atomic E-state index is 14.8. The van der Waals surface area contributed by atoms with Crippen LogP contribution in [-0.2, 0) is 33.4 Å². The molecule has 0 amide bonds. The van der Waals surface area contributed by atoms with Gasteiger partial charge in [-0.15, -0.1) is 0 Å². The summed E-state index contributed by atoms with van der Waals surface area (Å²) in [5.41, 5.74) is 0.661. The summed E-state index contributed by atoms with van der Waals surface area (Å²) in [7, 11) is 0. The summed E-state index contributed by atoms with van der Waals surface area (Å²) >= 11 is 0. The lowest BCUT2D eigenvalue weighted by Gasteiger charge is -2.64. The lowest BCUT2D eigenvalue weighted by atomic mass is 9.38. The highest BCUT2D eigenvalue weighted by molar-refractivity contribution is 5.95. The van der Waals surface area contributed by atoms with Crippen LogP contribution in [0.2, 0.25) is 0 Å². The van der Waals surface area contributed by atoms with Crippen molar-refractivity contribution in [1.29, 1.82) is 0 Å². The molecule has 13 heteroatoms. The first-order valence-electron chi connectivity index (χ1n) is 18.3. The fourth-order valence-corrected chi connectivity index (χ4v) is 11.2. The second-order valence-corrected chi connectivity index (χ2v) is 18.0. The largest absolute Gasteiger partial charge is 0.460 e. The minimum Gasteiger partial charge on any atom is -0.460 e. The van der Waals surface area contributed by atoms with Crippen molar-refractivity contribution in [2.45, 2.75) is 155 Å². The molecule has 3 saturated carbocycles. The Bertz CT molecular complexity index is 1470. The number of aliphatic hydroxyl groups excluding tert-OH is 4. The molecule has 0 bridgehead atoms. The molecule has 4 aliphatic carbocycles. The molecule has 0 spiro atoms. The molecule has 5 aliphatic rings. The Balaban J connectivity index is 1.59. The van der Waals surface area contributed by atoms with Gasteiger partial charge < -0.3 is 45.5 Å². The van der Waals surface area contributed by atoms with Crippen molar-refractivity contribution in [2.24, 2.45) is 45.1 Å². The highest BCUT2D eigenvalue weighted by atomic mass is 16.7. The van der Waals surface area contributed by atoms with E-state index in [0.717, 1.165) is 5.57 Å². The molecule has 4 fully saturated rings. The summed E-state index contributed by atoms with van der Waals surface area (Å²) < 4.78 is 17.6. The van der Waals surface area contributed by atoms with E-state index in [-0.39, 0.29) is 49.1 Å². The molecule has 14 atom stereocenters. The number of aliphatic hydroxyl groups is 5. The quantitative estimate of drug-likeness (QED) is 0.147. The number of rotatable bonds is 9. The monoisotopic (exact) mass is 721 g/mol. The van der Waals surface area contributed by atoms with E-state index in [2.05, 4.69) is 6.08 Å². The van der Waals surface area contributed by atoms with Gasteiger partial charge in [0, 0.05) is 36.5 Å². The van der Waals surface area contributed by atoms with Crippen LogP contribution in [0.3, 0.4) is 0 Å². The number of hydrogen-bond acceptors (Lipinski definition) is 13. The molecule has 13 nitrogen and oxygen atoms in total. The van der Waals surface area contributed by atoms with Crippen LogP contribution in [0.25, 0.3) is 0 Å². The van der Waals surface area contributed by atoms with E-state index in [9.17, 15) is 44.7 Å². The maximum absolute atomic E-state index is 14.8. The van der Waals surface area contributed by atoms with Gasteiger partial charge >= 0.3 is 5.97 Å². The zero-order chi connectivity index (χ0) is 38.4. The highest BCUT2D eigenvalue weighted by Gasteiger charge is 2.75. The fourth-order valence-electron chi connectivity index (χ4n) is 11.2. The molecule has 5 rings (SSSR count). The summed E-state index contributed by atoms with van der Waals surface area (Å²) in [6, 6.07) is -0.736. The lowest BCUT2D eigenvalue weighted by Crippen LogP contribution is -2.66. The van der Waals surface area contributed by atoms with Gasteiger partial charge in [-0.2, -0.15) is 0 Å². The summed E-state index contributed by atoms with van der Waals surface area (Å²) in [4.78, 5) is 54.0. The van der Waals surface area contributed by atoms with Crippen molar-refractivity contribution in [3.8, 4) is 0 Å². The molecule has 1 saturated heterocycles. The molecule has 288 valence electrons. The topological polar surface area (TPSA) is 223 Å². The van der Waals surface area contributed by atoms with Gasteiger partial charge in [0.25, 0.3) is 0 Å². The number of allylic oxidation sites excluding steroid dienone is 2. The minimum atomic E-state index is -2.09. The van der Waals surface area contributed by atoms with E-state index >= 15 is 0 Å².